The van der Waals surface area contributed by atoms with Crippen molar-refractivity contribution in [2.24, 2.45) is 0 Å². The average molecular weight is 968 g/mol. The molecule has 0 saturated carbocycles. The number of halogens is 2. The van der Waals surface area contributed by atoms with E-state index in [1.54, 1.807) is 6.07 Å². The van der Waals surface area contributed by atoms with Crippen LogP contribution in [0.15, 0.2) is 291 Å². The predicted molar refractivity (Wildman–Crippen MR) is 306 cm³/mol. The Morgan fingerprint density at radius 1 is 0.194 bits per heavy atom. The Labute approximate surface area is 432 Å². The summed E-state index contributed by atoms with van der Waals surface area (Å²) in [7, 11) is 0. The highest BCUT2D eigenvalue weighted by Crippen LogP contribution is 2.51. The van der Waals surface area contributed by atoms with E-state index >= 15 is 0 Å². The predicted octanol–water partition coefficient (Wildman–Crippen LogP) is 20.2. The zero-order chi connectivity index (χ0) is 48.6. The van der Waals surface area contributed by atoms with Crippen LogP contribution in [0.5, 0.6) is 0 Å². The zero-order valence-electron chi connectivity index (χ0n) is 39.3. The Kier molecular flexibility index (Phi) is 13.3. The van der Waals surface area contributed by atoms with Gasteiger partial charge in [-0.05, 0) is 126 Å². The molecule has 0 aliphatic rings. The minimum absolute atomic E-state index is 0.549. The SMILES string of the molecule is Clc1cc(Cl)cc(N(c2ccccc2)c2cccc(N(c3cc(N(c4ccccc4)c4ccccc4)cc(N(c4ccccc4)c4ccccc4)c3)c3c(-c4ccccc4)cccc3-c3ccccc3)c2)c1. The molecule has 0 aliphatic heterocycles. The van der Waals surface area contributed by atoms with Gasteiger partial charge in [-0.1, -0.05) is 199 Å². The van der Waals surface area contributed by atoms with Crippen molar-refractivity contribution < 1.29 is 0 Å². The van der Waals surface area contributed by atoms with Crippen molar-refractivity contribution in [1.82, 2.24) is 0 Å². The molecule has 0 heterocycles. The van der Waals surface area contributed by atoms with Crippen molar-refractivity contribution in [3.8, 4) is 22.3 Å². The Morgan fingerprint density at radius 2 is 0.444 bits per heavy atom. The van der Waals surface area contributed by atoms with Crippen LogP contribution in [0, 0.1) is 0 Å². The van der Waals surface area contributed by atoms with E-state index < -0.39 is 0 Å². The van der Waals surface area contributed by atoms with Crippen molar-refractivity contribution in [2.75, 3.05) is 19.6 Å². The third-order valence-corrected chi connectivity index (χ3v) is 13.1. The summed E-state index contributed by atoms with van der Waals surface area (Å²) < 4.78 is 0. The van der Waals surface area contributed by atoms with Crippen LogP contribution in [0.4, 0.5) is 68.2 Å². The molecule has 0 fully saturated rings. The van der Waals surface area contributed by atoms with Crippen LogP contribution in [0.1, 0.15) is 0 Å². The molecule has 0 bridgehead atoms. The topological polar surface area (TPSA) is 13.0 Å². The lowest BCUT2D eigenvalue weighted by Crippen LogP contribution is -2.17. The van der Waals surface area contributed by atoms with Gasteiger partial charge in [0.25, 0.3) is 0 Å². The first kappa shape index (κ1) is 45.6. The van der Waals surface area contributed by atoms with Gasteiger partial charge in [0, 0.05) is 66.7 Å². The highest BCUT2D eigenvalue weighted by molar-refractivity contribution is 6.35. The van der Waals surface area contributed by atoms with Crippen LogP contribution in [0.3, 0.4) is 0 Å². The van der Waals surface area contributed by atoms with Crippen LogP contribution >= 0.6 is 23.2 Å². The maximum Gasteiger partial charge on any atom is 0.0618 e. The third-order valence-electron chi connectivity index (χ3n) is 12.6. The standard InChI is InChI=1S/C66H48Cl2N4/c67-51-42-52(68)44-60(43-51)71(57-36-20-7-21-37-57)58-38-22-39-59(45-58)72(66-64(49-24-8-1-9-25-49)40-23-41-65(66)50-26-10-2-11-27-50)63-47-61(69(53-28-12-3-13-29-53)54-30-14-4-15-31-54)46-62(48-63)70(55-32-16-5-17-33-55)56-34-18-6-19-35-56/h1-48H. The number of hydrogen-bond acceptors (Lipinski definition) is 4. The van der Waals surface area contributed by atoms with Crippen molar-refractivity contribution >= 4 is 91.5 Å². The molecule has 0 atom stereocenters. The van der Waals surface area contributed by atoms with Gasteiger partial charge in [-0.25, -0.2) is 0 Å². The van der Waals surface area contributed by atoms with Gasteiger partial charge in [0.15, 0.2) is 0 Å². The molecule has 0 saturated heterocycles. The fourth-order valence-corrected chi connectivity index (χ4v) is 10.0. The first-order valence-corrected chi connectivity index (χ1v) is 24.7. The van der Waals surface area contributed by atoms with Crippen molar-refractivity contribution in [3.63, 3.8) is 0 Å². The summed E-state index contributed by atoms with van der Waals surface area (Å²) in [5, 5.41) is 1.10. The number of nitrogens with zero attached hydrogens (tertiary/aromatic N) is 4. The van der Waals surface area contributed by atoms with Crippen molar-refractivity contribution in [2.45, 2.75) is 0 Å². The van der Waals surface area contributed by atoms with Crippen LogP contribution in [0.25, 0.3) is 22.3 Å². The summed E-state index contributed by atoms with van der Waals surface area (Å²) in [6.45, 7) is 0. The minimum Gasteiger partial charge on any atom is -0.310 e. The Hall–Kier alpha value is -8.80. The summed E-state index contributed by atoms with van der Waals surface area (Å²) in [5.41, 5.74) is 16.0. The molecule has 0 spiro atoms. The lowest BCUT2D eigenvalue weighted by Gasteiger charge is -2.35. The average Bonchev–Trinajstić information content (AvgIpc) is 3.43. The van der Waals surface area contributed by atoms with E-state index in [0.717, 1.165) is 90.5 Å². The second-order valence-electron chi connectivity index (χ2n) is 17.3. The molecule has 0 radical (unpaired) electrons. The van der Waals surface area contributed by atoms with Crippen LogP contribution < -0.4 is 19.6 Å². The highest BCUT2D eigenvalue weighted by atomic mass is 35.5. The number of para-hydroxylation sites is 6. The van der Waals surface area contributed by atoms with Gasteiger partial charge in [0.2, 0.25) is 0 Å². The maximum absolute atomic E-state index is 6.79. The highest BCUT2D eigenvalue weighted by Gasteiger charge is 2.27. The van der Waals surface area contributed by atoms with E-state index in [2.05, 4.69) is 287 Å². The smallest absolute Gasteiger partial charge is 0.0618 e. The zero-order valence-corrected chi connectivity index (χ0v) is 40.8. The molecule has 0 aliphatic carbocycles. The molecule has 0 amide bonds. The largest absolute Gasteiger partial charge is 0.310 e. The molecule has 4 nitrogen and oxygen atoms in total. The van der Waals surface area contributed by atoms with Gasteiger partial charge in [-0.3, -0.25) is 0 Å². The molecule has 346 valence electrons. The second kappa shape index (κ2) is 21.1. The van der Waals surface area contributed by atoms with Crippen LogP contribution in [-0.2, 0) is 0 Å². The number of hydrogen-bond donors (Lipinski definition) is 0. The monoisotopic (exact) mass is 966 g/mol. The molecular weight excluding hydrogens is 920 g/mol. The second-order valence-corrected chi connectivity index (χ2v) is 18.2. The summed E-state index contributed by atoms with van der Waals surface area (Å²) in [6.07, 6.45) is 0. The molecule has 11 aromatic rings. The normalized spacial score (nSPS) is 10.9. The van der Waals surface area contributed by atoms with Gasteiger partial charge in [-0.15, -0.1) is 0 Å². The summed E-state index contributed by atoms with van der Waals surface area (Å²) in [4.78, 5) is 9.34. The fourth-order valence-electron chi connectivity index (χ4n) is 9.53. The summed E-state index contributed by atoms with van der Waals surface area (Å²) >= 11 is 13.6. The number of anilines is 12. The van der Waals surface area contributed by atoms with E-state index in [-0.39, 0.29) is 0 Å². The summed E-state index contributed by atoms with van der Waals surface area (Å²) in [5.74, 6) is 0. The quantitative estimate of drug-likeness (QED) is 0.108. The maximum atomic E-state index is 6.79. The number of benzene rings is 11. The Balaban J connectivity index is 1.26. The van der Waals surface area contributed by atoms with Gasteiger partial charge >= 0.3 is 0 Å². The van der Waals surface area contributed by atoms with Gasteiger partial charge < -0.3 is 19.6 Å². The van der Waals surface area contributed by atoms with E-state index in [0.29, 0.717) is 10.0 Å². The van der Waals surface area contributed by atoms with E-state index in [1.807, 2.05) is 18.2 Å². The van der Waals surface area contributed by atoms with Crippen LogP contribution in [-0.4, -0.2) is 0 Å². The molecule has 72 heavy (non-hydrogen) atoms. The van der Waals surface area contributed by atoms with E-state index in [9.17, 15) is 0 Å². The first-order chi connectivity index (χ1) is 35.6. The van der Waals surface area contributed by atoms with E-state index in [4.69, 9.17) is 23.2 Å². The van der Waals surface area contributed by atoms with Crippen molar-refractivity contribution in [1.29, 1.82) is 0 Å². The lowest BCUT2D eigenvalue weighted by atomic mass is 9.94. The Bertz CT molecular complexity index is 3290. The van der Waals surface area contributed by atoms with Crippen molar-refractivity contribution in [3.05, 3.63) is 301 Å². The first-order valence-electron chi connectivity index (χ1n) is 24.0. The molecule has 11 aromatic carbocycles. The van der Waals surface area contributed by atoms with Gasteiger partial charge in [-0.2, -0.15) is 0 Å². The minimum atomic E-state index is 0.549. The van der Waals surface area contributed by atoms with Gasteiger partial charge in [0.05, 0.1) is 22.7 Å². The van der Waals surface area contributed by atoms with Crippen LogP contribution in [0.2, 0.25) is 10.0 Å². The van der Waals surface area contributed by atoms with Gasteiger partial charge in [0.1, 0.15) is 0 Å². The molecule has 0 unspecified atom stereocenters. The molecular formula is C66H48Cl2N4. The lowest BCUT2D eigenvalue weighted by molar-refractivity contribution is 1.22. The molecule has 11 rings (SSSR count). The molecule has 6 heteroatoms. The third kappa shape index (κ3) is 9.70. The fraction of sp³-hybridized carbons (Fsp3) is 0. The molecule has 0 aromatic heterocycles. The van der Waals surface area contributed by atoms with E-state index in [1.165, 1.54) is 0 Å². The Morgan fingerprint density at radius 3 is 0.806 bits per heavy atom. The molecule has 0 N–H and O–H groups in total. The number of rotatable bonds is 14. The summed E-state index contributed by atoms with van der Waals surface area (Å²) in [6, 6.07) is 102.